The molecule has 108 valence electrons. The minimum absolute atomic E-state index is 0.0968. The Labute approximate surface area is 125 Å². The van der Waals surface area contributed by atoms with Crippen molar-refractivity contribution >= 4 is 34.6 Å². The van der Waals surface area contributed by atoms with Gasteiger partial charge in [0.25, 0.3) is 5.91 Å². The Morgan fingerprint density at radius 3 is 2.86 bits per heavy atom. The highest BCUT2D eigenvalue weighted by Gasteiger charge is 2.07. The van der Waals surface area contributed by atoms with Crippen molar-refractivity contribution in [1.29, 1.82) is 0 Å². The van der Waals surface area contributed by atoms with E-state index in [1.165, 1.54) is 11.3 Å². The normalized spacial score (nSPS) is 11.0. The van der Waals surface area contributed by atoms with Gasteiger partial charge in [-0.25, -0.2) is 5.43 Å². The lowest BCUT2D eigenvalue weighted by molar-refractivity contribution is -0.115. The molecular formula is C14H14N4O2S. The van der Waals surface area contributed by atoms with Gasteiger partial charge in [0.05, 0.1) is 23.2 Å². The molecular weight excluding hydrogens is 288 g/mol. The molecule has 0 saturated heterocycles. The number of hydrogen-bond acceptors (Lipinski definition) is 5. The zero-order chi connectivity index (χ0) is 15.1. The molecule has 2 rings (SSSR count). The summed E-state index contributed by atoms with van der Waals surface area (Å²) in [5.74, 6) is -0.494. The van der Waals surface area contributed by atoms with E-state index in [9.17, 15) is 9.59 Å². The number of nitrogens with zero attached hydrogens (tertiary/aromatic N) is 2. The van der Waals surface area contributed by atoms with Gasteiger partial charge < -0.3 is 5.32 Å². The predicted octanol–water partition coefficient (Wildman–Crippen LogP) is 2.28. The molecule has 2 aromatic heterocycles. The highest BCUT2D eigenvalue weighted by Crippen LogP contribution is 2.07. The van der Waals surface area contributed by atoms with Crippen LogP contribution in [-0.2, 0) is 4.79 Å². The van der Waals surface area contributed by atoms with Crippen molar-refractivity contribution in [2.75, 3.05) is 5.32 Å². The summed E-state index contributed by atoms with van der Waals surface area (Å²) >= 11 is 1.33. The van der Waals surface area contributed by atoms with Gasteiger partial charge in [0, 0.05) is 11.9 Å². The monoisotopic (exact) mass is 302 g/mol. The van der Waals surface area contributed by atoms with Crippen molar-refractivity contribution in [1.82, 2.24) is 10.4 Å². The van der Waals surface area contributed by atoms with Crippen molar-refractivity contribution in [3.8, 4) is 0 Å². The third-order valence-electron chi connectivity index (χ3n) is 2.45. The second-order valence-corrected chi connectivity index (χ2v) is 5.18. The van der Waals surface area contributed by atoms with E-state index in [2.05, 4.69) is 20.8 Å². The predicted molar refractivity (Wildman–Crippen MR) is 82.4 cm³/mol. The summed E-state index contributed by atoms with van der Waals surface area (Å²) in [6.45, 7) is 1.68. The summed E-state index contributed by atoms with van der Waals surface area (Å²) in [5.41, 5.74) is 3.56. The van der Waals surface area contributed by atoms with Crippen LogP contribution in [0.5, 0.6) is 0 Å². The molecule has 6 nitrogen and oxygen atoms in total. The molecule has 0 fully saturated rings. The van der Waals surface area contributed by atoms with Crippen LogP contribution in [0.4, 0.5) is 5.69 Å². The molecule has 0 aromatic carbocycles. The molecule has 7 heteroatoms. The molecule has 0 bridgehead atoms. The van der Waals surface area contributed by atoms with Crippen molar-refractivity contribution in [2.45, 2.75) is 13.3 Å². The van der Waals surface area contributed by atoms with E-state index in [0.29, 0.717) is 16.3 Å². The number of pyridine rings is 1. The van der Waals surface area contributed by atoms with Crippen molar-refractivity contribution < 1.29 is 9.59 Å². The number of hydrazone groups is 1. The number of anilines is 1. The Kier molecular flexibility index (Phi) is 5.16. The van der Waals surface area contributed by atoms with Gasteiger partial charge in [0.15, 0.2) is 0 Å². The molecule has 2 aromatic rings. The largest absolute Gasteiger partial charge is 0.324 e. The summed E-state index contributed by atoms with van der Waals surface area (Å²) in [5, 5.41) is 8.42. The van der Waals surface area contributed by atoms with Crippen molar-refractivity contribution in [2.24, 2.45) is 5.10 Å². The van der Waals surface area contributed by atoms with E-state index in [1.807, 2.05) is 5.38 Å². The van der Waals surface area contributed by atoms with Gasteiger partial charge in [-0.3, -0.25) is 14.6 Å². The topological polar surface area (TPSA) is 83.4 Å². The summed E-state index contributed by atoms with van der Waals surface area (Å²) in [7, 11) is 0. The number of hydrogen-bond donors (Lipinski definition) is 2. The van der Waals surface area contributed by atoms with E-state index in [0.717, 1.165) is 0 Å². The van der Waals surface area contributed by atoms with Gasteiger partial charge in [-0.2, -0.15) is 5.10 Å². The summed E-state index contributed by atoms with van der Waals surface area (Å²) in [6, 6.07) is 6.98. The van der Waals surface area contributed by atoms with Crippen LogP contribution in [0.25, 0.3) is 0 Å². The molecule has 0 radical (unpaired) electrons. The minimum atomic E-state index is -0.281. The second kappa shape index (κ2) is 7.30. The number of carbonyl (C=O) groups excluding carboxylic acids is 2. The zero-order valence-electron chi connectivity index (χ0n) is 11.4. The first-order valence-electron chi connectivity index (χ1n) is 6.22. The fourth-order valence-electron chi connectivity index (χ4n) is 1.52. The van der Waals surface area contributed by atoms with Gasteiger partial charge in [0.2, 0.25) is 5.91 Å². The number of nitrogens with one attached hydrogen (secondary N) is 2. The fourth-order valence-corrected chi connectivity index (χ4v) is 2.14. The van der Waals surface area contributed by atoms with Crippen LogP contribution in [0.2, 0.25) is 0 Å². The summed E-state index contributed by atoms with van der Waals surface area (Å²) in [4.78, 5) is 27.9. The Balaban J connectivity index is 1.83. The fraction of sp³-hybridized carbons (Fsp3) is 0.143. The van der Waals surface area contributed by atoms with Crippen LogP contribution < -0.4 is 10.7 Å². The Bertz CT molecular complexity index is 638. The number of amides is 2. The van der Waals surface area contributed by atoms with Crippen LogP contribution in [0.1, 0.15) is 23.0 Å². The Morgan fingerprint density at radius 1 is 1.33 bits per heavy atom. The van der Waals surface area contributed by atoms with E-state index in [1.54, 1.807) is 43.6 Å². The molecule has 2 heterocycles. The number of carbonyl (C=O) groups is 2. The van der Waals surface area contributed by atoms with Gasteiger partial charge in [0.1, 0.15) is 0 Å². The van der Waals surface area contributed by atoms with Gasteiger partial charge in [-0.05, 0) is 30.5 Å². The molecule has 0 aliphatic rings. The van der Waals surface area contributed by atoms with Crippen LogP contribution in [-0.4, -0.2) is 22.5 Å². The highest BCUT2D eigenvalue weighted by atomic mass is 32.1. The molecule has 0 spiro atoms. The molecule has 21 heavy (non-hydrogen) atoms. The maximum atomic E-state index is 11.8. The van der Waals surface area contributed by atoms with Crippen LogP contribution in [0.3, 0.4) is 0 Å². The van der Waals surface area contributed by atoms with Crippen molar-refractivity contribution in [3.05, 3.63) is 46.9 Å². The van der Waals surface area contributed by atoms with Crippen LogP contribution >= 0.6 is 11.3 Å². The van der Waals surface area contributed by atoms with Crippen LogP contribution in [0, 0.1) is 0 Å². The lowest BCUT2D eigenvalue weighted by Crippen LogP contribution is -2.20. The lowest BCUT2D eigenvalue weighted by atomic mass is 10.3. The molecule has 0 aliphatic heterocycles. The first-order valence-corrected chi connectivity index (χ1v) is 7.10. The van der Waals surface area contributed by atoms with Gasteiger partial charge in [-0.1, -0.05) is 6.07 Å². The van der Waals surface area contributed by atoms with Gasteiger partial charge in [-0.15, -0.1) is 11.3 Å². The molecule has 0 atom stereocenters. The van der Waals surface area contributed by atoms with Gasteiger partial charge >= 0.3 is 0 Å². The standard InChI is InChI=1S/C14H14N4O2S/c1-10(17-18-14(20)12-5-3-7-21-12)8-13(19)16-11-4-2-6-15-9-11/h2-7,9H,8H2,1H3,(H,16,19)(H,18,20). The lowest BCUT2D eigenvalue weighted by Gasteiger charge is -2.04. The Morgan fingerprint density at radius 2 is 2.19 bits per heavy atom. The maximum Gasteiger partial charge on any atom is 0.281 e. The smallest absolute Gasteiger partial charge is 0.281 e. The molecule has 0 aliphatic carbocycles. The average molecular weight is 302 g/mol. The maximum absolute atomic E-state index is 11.8. The third-order valence-corrected chi connectivity index (χ3v) is 3.32. The zero-order valence-corrected chi connectivity index (χ0v) is 12.2. The second-order valence-electron chi connectivity index (χ2n) is 4.23. The molecule has 0 unspecified atom stereocenters. The van der Waals surface area contributed by atoms with E-state index >= 15 is 0 Å². The Hall–Kier alpha value is -2.54. The van der Waals surface area contributed by atoms with Crippen molar-refractivity contribution in [3.63, 3.8) is 0 Å². The number of rotatable bonds is 5. The summed E-state index contributed by atoms with van der Waals surface area (Å²) in [6.07, 6.45) is 3.28. The van der Waals surface area contributed by atoms with E-state index < -0.39 is 0 Å². The summed E-state index contributed by atoms with van der Waals surface area (Å²) < 4.78 is 0. The number of aromatic nitrogens is 1. The van der Waals surface area contributed by atoms with E-state index in [4.69, 9.17) is 0 Å². The molecule has 2 N–H and O–H groups in total. The SMILES string of the molecule is CC(CC(=O)Nc1cccnc1)=NNC(=O)c1cccs1. The quantitative estimate of drug-likeness (QED) is 0.656. The third kappa shape index (κ3) is 4.81. The molecule has 2 amide bonds. The number of thiophene rings is 1. The van der Waals surface area contributed by atoms with Crippen LogP contribution in [0.15, 0.2) is 47.1 Å². The average Bonchev–Trinajstić information content (AvgIpc) is 3.00. The first-order chi connectivity index (χ1) is 10.1. The molecule has 0 saturated carbocycles. The first kappa shape index (κ1) is 14.9. The minimum Gasteiger partial charge on any atom is -0.324 e. The van der Waals surface area contributed by atoms with E-state index in [-0.39, 0.29) is 18.2 Å². The highest BCUT2D eigenvalue weighted by molar-refractivity contribution is 7.12.